The fourth-order valence-corrected chi connectivity index (χ4v) is 3.98. The lowest BCUT2D eigenvalue weighted by Crippen LogP contribution is -2.44. The Morgan fingerprint density at radius 2 is 2.00 bits per heavy atom. The van der Waals surface area contributed by atoms with Crippen LogP contribution in [0.5, 0.6) is 0 Å². The van der Waals surface area contributed by atoms with Crippen molar-refractivity contribution in [3.63, 3.8) is 0 Å². The van der Waals surface area contributed by atoms with Crippen LogP contribution in [-0.2, 0) is 28.6 Å². The molecule has 138 valence electrons. The Morgan fingerprint density at radius 3 is 2.64 bits per heavy atom. The number of esters is 2. The van der Waals surface area contributed by atoms with Crippen molar-refractivity contribution in [3.05, 3.63) is 11.8 Å². The largest absolute Gasteiger partial charge is 0.483 e. The standard InChI is InChI=1S/C19H26O6/c1-9(2)17(21)24-14-8-19(5)15(20)7-12(25-19)10(3)6-13-16(14)11(4)18(22)23-13/h7,9-11,13-14,16H,6,8H2,1-5H3/t10-,11?,13+,14+,16+,19+/m0/s1. The van der Waals surface area contributed by atoms with Gasteiger partial charge in [-0.15, -0.1) is 0 Å². The van der Waals surface area contributed by atoms with E-state index in [0.717, 1.165) is 0 Å². The molecule has 2 fully saturated rings. The van der Waals surface area contributed by atoms with Gasteiger partial charge in [0.1, 0.15) is 18.0 Å². The zero-order valence-electron chi connectivity index (χ0n) is 15.4. The quantitative estimate of drug-likeness (QED) is 0.712. The van der Waals surface area contributed by atoms with Crippen molar-refractivity contribution in [1.29, 1.82) is 0 Å². The molecule has 2 bridgehead atoms. The Hall–Kier alpha value is -1.85. The fraction of sp³-hybridized carbons (Fsp3) is 0.737. The normalized spacial score (nSPS) is 40.4. The van der Waals surface area contributed by atoms with Crippen LogP contribution < -0.4 is 0 Å². The molecule has 0 amide bonds. The summed E-state index contributed by atoms with van der Waals surface area (Å²) >= 11 is 0. The molecule has 3 rings (SSSR count). The van der Waals surface area contributed by atoms with E-state index in [4.69, 9.17) is 14.2 Å². The predicted octanol–water partition coefficient (Wildman–Crippen LogP) is 2.40. The Morgan fingerprint density at radius 1 is 1.32 bits per heavy atom. The number of carbonyl (C=O) groups is 3. The summed E-state index contributed by atoms with van der Waals surface area (Å²) in [5.74, 6) is -1.10. The van der Waals surface area contributed by atoms with Crippen molar-refractivity contribution in [1.82, 2.24) is 0 Å². The Kier molecular flexibility index (Phi) is 4.41. The van der Waals surface area contributed by atoms with Crippen LogP contribution in [-0.4, -0.2) is 35.5 Å². The predicted molar refractivity (Wildman–Crippen MR) is 88.2 cm³/mol. The van der Waals surface area contributed by atoms with Gasteiger partial charge in [0, 0.05) is 24.3 Å². The number of rotatable bonds is 2. The van der Waals surface area contributed by atoms with Gasteiger partial charge in [-0.3, -0.25) is 14.4 Å². The minimum Gasteiger partial charge on any atom is -0.483 e. The van der Waals surface area contributed by atoms with E-state index in [1.165, 1.54) is 6.08 Å². The molecule has 3 aliphatic heterocycles. The first kappa shape index (κ1) is 18.0. The first-order valence-corrected chi connectivity index (χ1v) is 8.98. The Balaban J connectivity index is 1.99. The average Bonchev–Trinajstić information content (AvgIpc) is 2.96. The molecule has 0 N–H and O–H groups in total. The number of carbonyl (C=O) groups excluding carboxylic acids is 3. The molecule has 0 aromatic carbocycles. The van der Waals surface area contributed by atoms with Gasteiger partial charge in [-0.05, 0) is 13.3 Å². The molecule has 0 aromatic rings. The van der Waals surface area contributed by atoms with Crippen LogP contribution in [0.15, 0.2) is 11.8 Å². The van der Waals surface area contributed by atoms with Gasteiger partial charge in [0.05, 0.1) is 11.8 Å². The van der Waals surface area contributed by atoms with E-state index < -0.39 is 11.7 Å². The summed E-state index contributed by atoms with van der Waals surface area (Å²) < 4.78 is 17.3. The van der Waals surface area contributed by atoms with Crippen LogP contribution >= 0.6 is 0 Å². The van der Waals surface area contributed by atoms with E-state index in [9.17, 15) is 14.4 Å². The smallest absolute Gasteiger partial charge is 0.309 e. The maximum Gasteiger partial charge on any atom is 0.309 e. The second-order valence-corrected chi connectivity index (χ2v) is 8.06. The minimum absolute atomic E-state index is 0.0454. The average molecular weight is 350 g/mol. The molecule has 3 heterocycles. The Bertz CT molecular complexity index is 636. The molecule has 6 heteroatoms. The number of hydrogen-bond acceptors (Lipinski definition) is 6. The van der Waals surface area contributed by atoms with Gasteiger partial charge in [-0.1, -0.05) is 27.7 Å². The third-order valence-corrected chi connectivity index (χ3v) is 5.61. The third kappa shape index (κ3) is 3.07. The summed E-state index contributed by atoms with van der Waals surface area (Å²) in [6.45, 7) is 9.00. The first-order valence-electron chi connectivity index (χ1n) is 8.98. The van der Waals surface area contributed by atoms with Gasteiger partial charge in [-0.25, -0.2) is 0 Å². The van der Waals surface area contributed by atoms with Crippen molar-refractivity contribution in [3.8, 4) is 0 Å². The molecule has 0 spiro atoms. The monoisotopic (exact) mass is 350 g/mol. The van der Waals surface area contributed by atoms with Crippen LogP contribution in [0.2, 0.25) is 0 Å². The van der Waals surface area contributed by atoms with Crippen LogP contribution in [0.25, 0.3) is 0 Å². The molecule has 25 heavy (non-hydrogen) atoms. The van der Waals surface area contributed by atoms with E-state index in [1.807, 2.05) is 6.92 Å². The molecule has 0 aromatic heterocycles. The van der Waals surface area contributed by atoms with Crippen molar-refractivity contribution in [2.45, 2.75) is 65.3 Å². The molecule has 2 saturated heterocycles. The topological polar surface area (TPSA) is 78.9 Å². The molecule has 6 nitrogen and oxygen atoms in total. The van der Waals surface area contributed by atoms with Gasteiger partial charge in [0.2, 0.25) is 5.78 Å². The van der Waals surface area contributed by atoms with Crippen LogP contribution in [0, 0.1) is 23.7 Å². The number of fused-ring (bicyclic) bond motifs is 3. The highest BCUT2D eigenvalue weighted by Crippen LogP contribution is 2.45. The number of ketones is 1. The molecule has 1 unspecified atom stereocenters. The van der Waals surface area contributed by atoms with Crippen LogP contribution in [0.4, 0.5) is 0 Å². The van der Waals surface area contributed by atoms with E-state index in [1.54, 1.807) is 27.7 Å². The minimum atomic E-state index is -1.06. The highest BCUT2D eigenvalue weighted by molar-refractivity contribution is 5.99. The maximum absolute atomic E-state index is 12.5. The summed E-state index contributed by atoms with van der Waals surface area (Å²) in [5, 5.41) is 0. The van der Waals surface area contributed by atoms with Gasteiger partial charge >= 0.3 is 11.9 Å². The molecule has 3 aliphatic rings. The zero-order valence-corrected chi connectivity index (χ0v) is 15.4. The Labute approximate surface area is 147 Å². The van der Waals surface area contributed by atoms with Gasteiger partial charge in [0.15, 0.2) is 5.60 Å². The highest BCUT2D eigenvalue weighted by Gasteiger charge is 2.54. The van der Waals surface area contributed by atoms with E-state index in [0.29, 0.717) is 12.2 Å². The lowest BCUT2D eigenvalue weighted by Gasteiger charge is -2.33. The van der Waals surface area contributed by atoms with Crippen LogP contribution in [0.1, 0.15) is 47.5 Å². The zero-order chi connectivity index (χ0) is 18.5. The van der Waals surface area contributed by atoms with Crippen molar-refractivity contribution in [2.24, 2.45) is 23.7 Å². The molecular weight excluding hydrogens is 324 g/mol. The van der Waals surface area contributed by atoms with E-state index in [2.05, 4.69) is 0 Å². The van der Waals surface area contributed by atoms with Crippen molar-refractivity contribution in [2.75, 3.05) is 0 Å². The third-order valence-electron chi connectivity index (χ3n) is 5.61. The maximum atomic E-state index is 12.5. The molecule has 6 atom stereocenters. The summed E-state index contributed by atoms with van der Waals surface area (Å²) in [6.07, 6.45) is 1.36. The lowest BCUT2D eigenvalue weighted by molar-refractivity contribution is -0.162. The fourth-order valence-electron chi connectivity index (χ4n) is 3.98. The van der Waals surface area contributed by atoms with Crippen molar-refractivity contribution < 1.29 is 28.6 Å². The van der Waals surface area contributed by atoms with Gasteiger partial charge in [-0.2, -0.15) is 0 Å². The summed E-state index contributed by atoms with van der Waals surface area (Å²) in [7, 11) is 0. The number of ether oxygens (including phenoxy) is 3. The highest BCUT2D eigenvalue weighted by atomic mass is 16.6. The molecule has 0 radical (unpaired) electrons. The summed E-state index contributed by atoms with van der Waals surface area (Å²) in [5.41, 5.74) is -1.06. The van der Waals surface area contributed by atoms with Gasteiger partial charge in [0.25, 0.3) is 0 Å². The molecule has 0 aliphatic carbocycles. The van der Waals surface area contributed by atoms with Gasteiger partial charge < -0.3 is 14.2 Å². The lowest BCUT2D eigenvalue weighted by atomic mass is 9.78. The second kappa shape index (κ2) is 6.15. The molecular formula is C19H26O6. The van der Waals surface area contributed by atoms with E-state index in [-0.39, 0.29) is 53.9 Å². The summed E-state index contributed by atoms with van der Waals surface area (Å²) in [6, 6.07) is 0. The number of allylic oxidation sites excluding steroid dienone is 1. The van der Waals surface area contributed by atoms with Crippen molar-refractivity contribution >= 4 is 17.7 Å². The second-order valence-electron chi connectivity index (χ2n) is 8.06. The van der Waals surface area contributed by atoms with Crippen LogP contribution in [0.3, 0.4) is 0 Å². The van der Waals surface area contributed by atoms with E-state index >= 15 is 0 Å². The SMILES string of the molecule is CC(C)C(=O)O[C@@H]1C[C@@]2(C)OC(=CC2=O)[C@@H](C)C[C@H]2OC(=O)C(C)[C@@H]12. The summed E-state index contributed by atoms with van der Waals surface area (Å²) in [4.78, 5) is 36.9. The molecule has 0 saturated carbocycles. The first-order chi connectivity index (χ1) is 11.6. The number of hydrogen-bond donors (Lipinski definition) is 0.